The van der Waals surface area contributed by atoms with E-state index in [1.54, 1.807) is 11.3 Å². The average molecular weight is 233 g/mol. The summed E-state index contributed by atoms with van der Waals surface area (Å²) in [5.74, 6) is 0.710. The van der Waals surface area contributed by atoms with Crippen molar-refractivity contribution < 1.29 is 0 Å². The number of aryl methyl sites for hydroxylation is 1. The third-order valence-corrected chi connectivity index (χ3v) is 4.16. The van der Waals surface area contributed by atoms with Gasteiger partial charge in [0.1, 0.15) is 5.01 Å². The summed E-state index contributed by atoms with van der Waals surface area (Å²) in [7, 11) is 1.94. The molecule has 2 aromatic rings. The molecule has 0 amide bonds. The average Bonchev–Trinajstić information content (AvgIpc) is 2.97. The van der Waals surface area contributed by atoms with Crippen LogP contribution in [0.3, 0.4) is 0 Å². The molecule has 0 aliphatic heterocycles. The monoisotopic (exact) mass is 233 g/mol. The van der Waals surface area contributed by atoms with E-state index in [1.807, 2.05) is 24.1 Å². The Morgan fingerprint density at radius 2 is 2.19 bits per heavy atom. The zero-order valence-electron chi connectivity index (χ0n) is 9.39. The fraction of sp³-hybridized carbons (Fsp3) is 0.500. The molecule has 0 saturated heterocycles. The molecule has 0 atom stereocenters. The molecule has 0 unspecified atom stereocenters. The van der Waals surface area contributed by atoms with Gasteiger partial charge in [0.05, 0.1) is 11.9 Å². The summed E-state index contributed by atoms with van der Waals surface area (Å²) in [5.41, 5.74) is 2.43. The number of rotatable bonds is 2. The van der Waals surface area contributed by atoms with Gasteiger partial charge < -0.3 is 0 Å². The molecule has 3 nitrogen and oxygen atoms in total. The Balaban J connectivity index is 1.87. The molecular formula is C12H15N3S. The Hall–Kier alpha value is -1.16. The molecule has 16 heavy (non-hydrogen) atoms. The van der Waals surface area contributed by atoms with Crippen LogP contribution in [0.4, 0.5) is 0 Å². The first-order valence-corrected chi connectivity index (χ1v) is 6.65. The van der Waals surface area contributed by atoms with Crippen LogP contribution in [0.2, 0.25) is 0 Å². The SMILES string of the molecule is Cn1cc(-c2nc(C3CCCC3)cs2)cn1. The van der Waals surface area contributed by atoms with E-state index in [4.69, 9.17) is 4.98 Å². The summed E-state index contributed by atoms with van der Waals surface area (Å²) in [6.45, 7) is 0. The molecular weight excluding hydrogens is 218 g/mol. The number of aromatic nitrogens is 3. The zero-order valence-corrected chi connectivity index (χ0v) is 10.2. The van der Waals surface area contributed by atoms with Gasteiger partial charge in [-0.2, -0.15) is 5.10 Å². The Kier molecular flexibility index (Phi) is 2.52. The van der Waals surface area contributed by atoms with Crippen LogP contribution in [0.25, 0.3) is 10.6 Å². The Labute approximate surface area is 99.1 Å². The third-order valence-electron chi connectivity index (χ3n) is 3.25. The molecule has 0 aromatic carbocycles. The van der Waals surface area contributed by atoms with Crippen LogP contribution in [0.15, 0.2) is 17.8 Å². The molecule has 2 aromatic heterocycles. The summed E-state index contributed by atoms with van der Waals surface area (Å²) in [4.78, 5) is 4.74. The number of hydrogen-bond acceptors (Lipinski definition) is 3. The molecule has 0 radical (unpaired) electrons. The topological polar surface area (TPSA) is 30.7 Å². The van der Waals surface area contributed by atoms with Crippen LogP contribution in [0.1, 0.15) is 37.3 Å². The summed E-state index contributed by atoms with van der Waals surface area (Å²) in [5, 5.41) is 7.51. The van der Waals surface area contributed by atoms with Gasteiger partial charge in [-0.05, 0) is 12.8 Å². The van der Waals surface area contributed by atoms with E-state index in [2.05, 4.69) is 10.5 Å². The number of nitrogens with zero attached hydrogens (tertiary/aromatic N) is 3. The van der Waals surface area contributed by atoms with Crippen molar-refractivity contribution in [3.05, 3.63) is 23.5 Å². The van der Waals surface area contributed by atoms with Gasteiger partial charge in [-0.25, -0.2) is 4.98 Å². The molecule has 84 valence electrons. The highest BCUT2D eigenvalue weighted by atomic mass is 32.1. The molecule has 4 heteroatoms. The van der Waals surface area contributed by atoms with E-state index in [1.165, 1.54) is 31.4 Å². The van der Waals surface area contributed by atoms with Crippen LogP contribution >= 0.6 is 11.3 Å². The predicted octanol–water partition coefficient (Wildman–Crippen LogP) is 3.20. The standard InChI is InChI=1S/C12H15N3S/c1-15-7-10(6-13-15)12-14-11(8-16-12)9-4-2-3-5-9/h6-9H,2-5H2,1H3. The van der Waals surface area contributed by atoms with Crippen molar-refractivity contribution in [2.75, 3.05) is 0 Å². The maximum absolute atomic E-state index is 4.74. The lowest BCUT2D eigenvalue weighted by molar-refractivity contribution is 0.703. The quantitative estimate of drug-likeness (QED) is 0.797. The molecule has 2 heterocycles. The normalized spacial score (nSPS) is 17.1. The van der Waals surface area contributed by atoms with E-state index in [-0.39, 0.29) is 0 Å². The third kappa shape index (κ3) is 1.78. The zero-order chi connectivity index (χ0) is 11.0. The van der Waals surface area contributed by atoms with E-state index in [0.717, 1.165) is 10.6 Å². The maximum atomic E-state index is 4.74. The van der Waals surface area contributed by atoms with Gasteiger partial charge in [-0.3, -0.25) is 4.68 Å². The highest BCUT2D eigenvalue weighted by Crippen LogP contribution is 2.36. The second kappa shape index (κ2) is 4.01. The highest BCUT2D eigenvalue weighted by Gasteiger charge is 2.20. The minimum atomic E-state index is 0.710. The summed E-state index contributed by atoms with van der Waals surface area (Å²) in [6.07, 6.45) is 9.27. The second-order valence-electron chi connectivity index (χ2n) is 4.46. The van der Waals surface area contributed by atoms with Gasteiger partial charge in [0.2, 0.25) is 0 Å². The number of thiazole rings is 1. The van der Waals surface area contributed by atoms with Gasteiger partial charge >= 0.3 is 0 Å². The predicted molar refractivity (Wildman–Crippen MR) is 65.5 cm³/mol. The molecule has 1 aliphatic rings. The Morgan fingerprint density at radius 1 is 1.38 bits per heavy atom. The van der Waals surface area contributed by atoms with Gasteiger partial charge in [0.15, 0.2) is 0 Å². The number of hydrogen-bond donors (Lipinski definition) is 0. The van der Waals surface area contributed by atoms with Gasteiger partial charge in [-0.15, -0.1) is 11.3 Å². The molecule has 0 N–H and O–H groups in total. The van der Waals surface area contributed by atoms with Crippen molar-refractivity contribution in [3.63, 3.8) is 0 Å². The summed E-state index contributed by atoms with van der Waals surface area (Å²) < 4.78 is 1.83. The lowest BCUT2D eigenvalue weighted by Crippen LogP contribution is -1.91. The fourth-order valence-electron chi connectivity index (χ4n) is 2.36. The van der Waals surface area contributed by atoms with Crippen LogP contribution in [-0.2, 0) is 7.05 Å². The van der Waals surface area contributed by atoms with Crippen LogP contribution in [-0.4, -0.2) is 14.8 Å². The largest absolute Gasteiger partial charge is 0.275 e. The van der Waals surface area contributed by atoms with Crippen LogP contribution < -0.4 is 0 Å². The van der Waals surface area contributed by atoms with Crippen LogP contribution in [0, 0.1) is 0 Å². The molecule has 1 saturated carbocycles. The Bertz CT molecular complexity index is 480. The maximum Gasteiger partial charge on any atom is 0.126 e. The van der Waals surface area contributed by atoms with E-state index in [9.17, 15) is 0 Å². The smallest absolute Gasteiger partial charge is 0.126 e. The fourth-order valence-corrected chi connectivity index (χ4v) is 3.24. The molecule has 3 rings (SSSR count). The van der Waals surface area contributed by atoms with Crippen LogP contribution in [0.5, 0.6) is 0 Å². The highest BCUT2D eigenvalue weighted by molar-refractivity contribution is 7.13. The van der Waals surface area contributed by atoms with Gasteiger partial charge in [0.25, 0.3) is 0 Å². The van der Waals surface area contributed by atoms with Crippen molar-refractivity contribution >= 4 is 11.3 Å². The van der Waals surface area contributed by atoms with Crippen molar-refractivity contribution in [2.45, 2.75) is 31.6 Å². The van der Waals surface area contributed by atoms with Crippen molar-refractivity contribution in [1.29, 1.82) is 0 Å². The first-order chi connectivity index (χ1) is 7.83. The lowest BCUT2D eigenvalue weighted by atomic mass is 10.1. The van der Waals surface area contributed by atoms with E-state index in [0.29, 0.717) is 5.92 Å². The second-order valence-corrected chi connectivity index (χ2v) is 5.32. The molecule has 0 bridgehead atoms. The molecule has 1 aliphatic carbocycles. The lowest BCUT2D eigenvalue weighted by Gasteiger charge is -2.02. The van der Waals surface area contributed by atoms with Gasteiger partial charge in [-0.1, -0.05) is 12.8 Å². The first kappa shape index (κ1) is 10.0. The van der Waals surface area contributed by atoms with Gasteiger partial charge in [0, 0.05) is 30.1 Å². The summed E-state index contributed by atoms with van der Waals surface area (Å²) in [6, 6.07) is 0. The minimum Gasteiger partial charge on any atom is -0.275 e. The Morgan fingerprint density at radius 3 is 2.88 bits per heavy atom. The van der Waals surface area contributed by atoms with Crippen molar-refractivity contribution in [3.8, 4) is 10.6 Å². The minimum absolute atomic E-state index is 0.710. The van der Waals surface area contributed by atoms with E-state index < -0.39 is 0 Å². The van der Waals surface area contributed by atoms with E-state index >= 15 is 0 Å². The first-order valence-electron chi connectivity index (χ1n) is 5.77. The molecule has 0 spiro atoms. The molecule has 1 fully saturated rings. The summed E-state index contributed by atoms with van der Waals surface area (Å²) >= 11 is 1.74. The van der Waals surface area contributed by atoms with Crippen molar-refractivity contribution in [2.24, 2.45) is 7.05 Å². The van der Waals surface area contributed by atoms with Crippen molar-refractivity contribution in [1.82, 2.24) is 14.8 Å².